The largest absolute Gasteiger partial charge is 0.396 e. The summed E-state index contributed by atoms with van der Waals surface area (Å²) in [5.41, 5.74) is 8.40. The number of aromatic nitrogens is 1. The van der Waals surface area contributed by atoms with Crippen molar-refractivity contribution in [2.45, 2.75) is 0 Å². The van der Waals surface area contributed by atoms with Gasteiger partial charge in [-0.3, -0.25) is 4.98 Å². The van der Waals surface area contributed by atoms with Gasteiger partial charge in [0.15, 0.2) is 0 Å². The van der Waals surface area contributed by atoms with Crippen LogP contribution in [0.5, 0.6) is 0 Å². The summed E-state index contributed by atoms with van der Waals surface area (Å²) >= 11 is 0. The van der Waals surface area contributed by atoms with Crippen molar-refractivity contribution in [2.75, 3.05) is 5.73 Å². The fourth-order valence-corrected chi connectivity index (χ4v) is 1.24. The molecule has 0 amide bonds. The SMILES string of the molecule is Nc1[c]nccc1-c1ccccc1. The molecule has 2 aromatic rings. The molecule has 1 heterocycles. The van der Waals surface area contributed by atoms with E-state index in [4.69, 9.17) is 5.73 Å². The number of rotatable bonds is 1. The minimum atomic E-state index is 0.591. The minimum absolute atomic E-state index is 0.591. The number of nitrogens with zero attached hydrogens (tertiary/aromatic N) is 1. The molecule has 2 rings (SSSR count). The van der Waals surface area contributed by atoms with Gasteiger partial charge in [0.05, 0.1) is 5.69 Å². The van der Waals surface area contributed by atoms with E-state index in [1.807, 2.05) is 36.4 Å². The molecule has 0 fully saturated rings. The molecule has 0 aliphatic rings. The van der Waals surface area contributed by atoms with E-state index in [-0.39, 0.29) is 0 Å². The van der Waals surface area contributed by atoms with Crippen LogP contribution in [-0.4, -0.2) is 4.98 Å². The van der Waals surface area contributed by atoms with Crippen LogP contribution in [0, 0.1) is 6.20 Å². The lowest BCUT2D eigenvalue weighted by Crippen LogP contribution is -1.90. The molecule has 1 radical (unpaired) electrons. The van der Waals surface area contributed by atoms with Gasteiger partial charge >= 0.3 is 0 Å². The van der Waals surface area contributed by atoms with Crippen LogP contribution in [0.15, 0.2) is 42.6 Å². The van der Waals surface area contributed by atoms with Crippen molar-refractivity contribution in [3.05, 3.63) is 48.8 Å². The van der Waals surface area contributed by atoms with Crippen LogP contribution >= 0.6 is 0 Å². The Kier molecular flexibility index (Phi) is 1.96. The lowest BCUT2D eigenvalue weighted by atomic mass is 10.1. The molecule has 1 aromatic carbocycles. The molecule has 13 heavy (non-hydrogen) atoms. The van der Waals surface area contributed by atoms with Crippen LogP contribution in [-0.2, 0) is 0 Å². The van der Waals surface area contributed by atoms with Crippen LogP contribution in [0.25, 0.3) is 11.1 Å². The maximum Gasteiger partial charge on any atom is 0.114 e. The third kappa shape index (κ3) is 1.51. The monoisotopic (exact) mass is 169 g/mol. The summed E-state index contributed by atoms with van der Waals surface area (Å²) in [6, 6.07) is 11.9. The van der Waals surface area contributed by atoms with Gasteiger partial charge in [-0.05, 0) is 11.6 Å². The topological polar surface area (TPSA) is 38.9 Å². The van der Waals surface area contributed by atoms with Crippen LogP contribution < -0.4 is 5.73 Å². The van der Waals surface area contributed by atoms with E-state index in [0.29, 0.717) is 5.69 Å². The van der Waals surface area contributed by atoms with Gasteiger partial charge in [0.25, 0.3) is 0 Å². The van der Waals surface area contributed by atoms with Crippen LogP contribution in [0.3, 0.4) is 0 Å². The highest BCUT2D eigenvalue weighted by Crippen LogP contribution is 2.23. The third-order valence-corrected chi connectivity index (χ3v) is 1.88. The molecular weight excluding hydrogens is 160 g/mol. The van der Waals surface area contributed by atoms with Crippen LogP contribution in [0.1, 0.15) is 0 Å². The Hall–Kier alpha value is -1.83. The summed E-state index contributed by atoms with van der Waals surface area (Å²) in [6.45, 7) is 0. The Morgan fingerprint density at radius 1 is 1.08 bits per heavy atom. The first-order valence-electron chi connectivity index (χ1n) is 4.05. The zero-order valence-electron chi connectivity index (χ0n) is 7.07. The zero-order valence-corrected chi connectivity index (χ0v) is 7.07. The second-order valence-corrected chi connectivity index (χ2v) is 2.75. The maximum absolute atomic E-state index is 5.73. The Balaban J connectivity index is 2.54. The lowest BCUT2D eigenvalue weighted by molar-refractivity contribution is 1.32. The molecule has 0 saturated carbocycles. The van der Waals surface area contributed by atoms with Gasteiger partial charge in [0.1, 0.15) is 6.20 Å². The van der Waals surface area contributed by atoms with Gasteiger partial charge in [-0.2, -0.15) is 0 Å². The second-order valence-electron chi connectivity index (χ2n) is 2.75. The highest BCUT2D eigenvalue weighted by molar-refractivity contribution is 5.74. The second kappa shape index (κ2) is 3.27. The van der Waals surface area contributed by atoms with Crippen molar-refractivity contribution < 1.29 is 0 Å². The molecule has 2 heteroatoms. The highest BCUT2D eigenvalue weighted by atomic mass is 14.7. The molecule has 0 unspecified atom stereocenters. The average molecular weight is 169 g/mol. The van der Waals surface area contributed by atoms with Crippen molar-refractivity contribution in [3.63, 3.8) is 0 Å². The quantitative estimate of drug-likeness (QED) is 0.710. The van der Waals surface area contributed by atoms with E-state index < -0.39 is 0 Å². The molecule has 0 aliphatic heterocycles. The lowest BCUT2D eigenvalue weighted by Gasteiger charge is -2.02. The van der Waals surface area contributed by atoms with E-state index in [0.717, 1.165) is 11.1 Å². The number of anilines is 1. The highest BCUT2D eigenvalue weighted by Gasteiger charge is 1.99. The van der Waals surface area contributed by atoms with Crippen LogP contribution in [0.4, 0.5) is 5.69 Å². The molecule has 2 nitrogen and oxygen atoms in total. The standard InChI is InChI=1S/C11H9N2/c12-11-8-13-7-6-10(11)9-4-2-1-3-5-9/h1-7H,12H2. The summed E-state index contributed by atoms with van der Waals surface area (Å²) in [5.74, 6) is 0. The minimum Gasteiger partial charge on any atom is -0.396 e. The van der Waals surface area contributed by atoms with Crippen LogP contribution in [0.2, 0.25) is 0 Å². The smallest absolute Gasteiger partial charge is 0.114 e. The maximum atomic E-state index is 5.73. The average Bonchev–Trinajstić information content (AvgIpc) is 2.20. The molecule has 2 N–H and O–H groups in total. The molecule has 0 saturated heterocycles. The summed E-state index contributed by atoms with van der Waals surface area (Å²) in [4.78, 5) is 3.82. The fraction of sp³-hybridized carbons (Fsp3) is 0. The predicted molar refractivity (Wildman–Crippen MR) is 52.9 cm³/mol. The first-order valence-corrected chi connectivity index (χ1v) is 4.05. The van der Waals surface area contributed by atoms with Gasteiger partial charge in [-0.1, -0.05) is 30.3 Å². The summed E-state index contributed by atoms with van der Waals surface area (Å²) in [6.07, 6.45) is 4.42. The number of hydrogen-bond acceptors (Lipinski definition) is 2. The first-order chi connectivity index (χ1) is 6.38. The van der Waals surface area contributed by atoms with Gasteiger partial charge in [-0.15, -0.1) is 0 Å². The van der Waals surface area contributed by atoms with E-state index in [1.54, 1.807) is 6.20 Å². The Morgan fingerprint density at radius 3 is 2.54 bits per heavy atom. The Bertz CT molecular complexity index is 396. The van der Waals surface area contributed by atoms with E-state index >= 15 is 0 Å². The zero-order chi connectivity index (χ0) is 9.10. The molecule has 1 aromatic heterocycles. The molecule has 0 spiro atoms. The summed E-state index contributed by atoms with van der Waals surface area (Å²) < 4.78 is 0. The van der Waals surface area contributed by atoms with Crippen molar-refractivity contribution in [1.29, 1.82) is 0 Å². The van der Waals surface area contributed by atoms with Gasteiger partial charge < -0.3 is 5.73 Å². The van der Waals surface area contributed by atoms with Crippen molar-refractivity contribution in [3.8, 4) is 11.1 Å². The number of benzene rings is 1. The number of pyridine rings is 1. The molecular formula is C11H9N2. The summed E-state index contributed by atoms with van der Waals surface area (Å²) in [5, 5.41) is 0. The van der Waals surface area contributed by atoms with E-state index in [1.165, 1.54) is 0 Å². The van der Waals surface area contributed by atoms with Gasteiger partial charge in [-0.25, -0.2) is 0 Å². The van der Waals surface area contributed by atoms with E-state index in [9.17, 15) is 0 Å². The number of hydrogen-bond donors (Lipinski definition) is 1. The fourth-order valence-electron chi connectivity index (χ4n) is 1.24. The number of nitrogens with two attached hydrogens (primary N) is 1. The number of nitrogen functional groups attached to an aromatic ring is 1. The van der Waals surface area contributed by atoms with Crippen molar-refractivity contribution in [2.24, 2.45) is 0 Å². The summed E-state index contributed by atoms with van der Waals surface area (Å²) in [7, 11) is 0. The van der Waals surface area contributed by atoms with Crippen molar-refractivity contribution in [1.82, 2.24) is 4.98 Å². The Morgan fingerprint density at radius 2 is 1.85 bits per heavy atom. The normalized spacial score (nSPS) is 9.85. The van der Waals surface area contributed by atoms with E-state index in [2.05, 4.69) is 11.2 Å². The van der Waals surface area contributed by atoms with Gasteiger partial charge in [0.2, 0.25) is 0 Å². The van der Waals surface area contributed by atoms with Crippen molar-refractivity contribution >= 4 is 5.69 Å². The molecule has 63 valence electrons. The first kappa shape index (κ1) is 7.80. The third-order valence-electron chi connectivity index (χ3n) is 1.88. The molecule has 0 aliphatic carbocycles. The molecule has 0 atom stereocenters. The Labute approximate surface area is 77.0 Å². The predicted octanol–water partition coefficient (Wildman–Crippen LogP) is 2.13. The molecule has 0 bridgehead atoms. The van der Waals surface area contributed by atoms with Gasteiger partial charge in [0, 0.05) is 11.8 Å².